The van der Waals surface area contributed by atoms with E-state index in [0.717, 1.165) is 34.2 Å². The van der Waals surface area contributed by atoms with Gasteiger partial charge >= 0.3 is 5.97 Å². The number of hydrogen-bond acceptors (Lipinski definition) is 2. The molecule has 0 saturated heterocycles. The van der Waals surface area contributed by atoms with Crippen LogP contribution >= 0.6 is 15.9 Å². The van der Waals surface area contributed by atoms with E-state index in [9.17, 15) is 4.79 Å². The molecule has 1 N–H and O–H groups in total. The van der Waals surface area contributed by atoms with Crippen LogP contribution in [0.25, 0.3) is 10.6 Å². The van der Waals surface area contributed by atoms with Crippen molar-refractivity contribution in [3.05, 3.63) is 59.5 Å². The number of aromatic nitrogens is 1. The summed E-state index contributed by atoms with van der Waals surface area (Å²) in [4.78, 5) is 15.2. The van der Waals surface area contributed by atoms with Gasteiger partial charge in [0.15, 0.2) is 0 Å². The molecule has 0 saturated carbocycles. The Bertz CT molecular complexity index is 636. The van der Waals surface area contributed by atoms with Gasteiger partial charge in [-0.05, 0) is 47.3 Å². The molecule has 0 amide bonds. The van der Waals surface area contributed by atoms with E-state index in [1.54, 1.807) is 12.1 Å². The minimum atomic E-state index is -0.361. The van der Waals surface area contributed by atoms with E-state index in [4.69, 9.17) is 4.74 Å². The zero-order valence-electron chi connectivity index (χ0n) is 14.0. The number of hydrogen-bond donors (Lipinski definition) is 1. The van der Waals surface area contributed by atoms with E-state index in [1.165, 1.54) is 0 Å². The molecule has 1 aromatic heterocycles. The van der Waals surface area contributed by atoms with Crippen LogP contribution in [0.5, 0.6) is 0 Å². The summed E-state index contributed by atoms with van der Waals surface area (Å²) in [5.74, 6) is -0.361. The number of allylic oxidation sites excluding steroid dienone is 3. The summed E-state index contributed by atoms with van der Waals surface area (Å²) in [5, 5.41) is 0. The predicted octanol–water partition coefficient (Wildman–Crippen LogP) is 5.87. The first kappa shape index (κ1) is 19.2. The third kappa shape index (κ3) is 5.39. The fourth-order valence-corrected chi connectivity index (χ4v) is 2.41. The van der Waals surface area contributed by atoms with Crippen molar-refractivity contribution >= 4 is 32.5 Å². The second-order valence-electron chi connectivity index (χ2n) is 4.69. The van der Waals surface area contributed by atoms with Crippen molar-refractivity contribution < 1.29 is 9.53 Å². The molecule has 4 heteroatoms. The zero-order valence-corrected chi connectivity index (χ0v) is 15.6. The summed E-state index contributed by atoms with van der Waals surface area (Å²) in [6.45, 7) is 9.98. The summed E-state index contributed by atoms with van der Waals surface area (Å²) in [6.07, 6.45) is 11.9. The Balaban J connectivity index is 0.00000127. The first-order valence-corrected chi connectivity index (χ1v) is 8.65. The zero-order chi connectivity index (χ0) is 17.2. The molecule has 2 rings (SSSR count). The molecule has 1 aliphatic carbocycles. The summed E-state index contributed by atoms with van der Waals surface area (Å²) < 4.78 is 6.22. The van der Waals surface area contributed by atoms with E-state index < -0.39 is 0 Å². The Hall–Kier alpha value is -1.81. The van der Waals surface area contributed by atoms with E-state index >= 15 is 0 Å². The third-order valence-corrected chi connectivity index (χ3v) is 4.08. The Morgan fingerprint density at radius 3 is 2.74 bits per heavy atom. The van der Waals surface area contributed by atoms with E-state index in [2.05, 4.69) is 39.6 Å². The molecule has 0 radical (unpaired) electrons. The van der Waals surface area contributed by atoms with Crippen LogP contribution in [0.2, 0.25) is 0 Å². The molecule has 124 valence electrons. The van der Waals surface area contributed by atoms with E-state index in [0.29, 0.717) is 12.3 Å². The molecule has 0 aromatic carbocycles. The maximum absolute atomic E-state index is 12.1. The highest BCUT2D eigenvalue weighted by Crippen LogP contribution is 2.26. The molecule has 0 spiro atoms. The van der Waals surface area contributed by atoms with Gasteiger partial charge in [0.2, 0.25) is 0 Å². The second-order valence-corrected chi connectivity index (χ2v) is 5.54. The lowest BCUT2D eigenvalue weighted by Gasteiger charge is -2.07. The van der Waals surface area contributed by atoms with Crippen molar-refractivity contribution in [3.63, 3.8) is 0 Å². The number of carbonyl (C=O) groups excluding carboxylic acids is 1. The van der Waals surface area contributed by atoms with Crippen LogP contribution in [0.1, 0.15) is 55.4 Å². The second kappa shape index (κ2) is 10.1. The van der Waals surface area contributed by atoms with Crippen molar-refractivity contribution in [3.8, 4) is 0 Å². The lowest BCUT2D eigenvalue weighted by Crippen LogP contribution is -2.08. The molecule has 0 fully saturated rings. The Labute approximate surface area is 146 Å². The average Bonchev–Trinajstić information content (AvgIpc) is 3.06. The predicted molar refractivity (Wildman–Crippen MR) is 102 cm³/mol. The number of esters is 1. The highest BCUT2D eigenvalue weighted by Gasteiger charge is 2.15. The molecule has 0 aliphatic heterocycles. The lowest BCUT2D eigenvalue weighted by molar-refractivity contribution is 0.0536. The van der Waals surface area contributed by atoms with Gasteiger partial charge in [0.1, 0.15) is 12.3 Å². The molecule has 0 unspecified atom stereocenters. The van der Waals surface area contributed by atoms with Crippen LogP contribution in [0, 0.1) is 0 Å². The van der Waals surface area contributed by atoms with Gasteiger partial charge in [-0.25, -0.2) is 4.79 Å². The Kier molecular flexibility index (Phi) is 8.41. The number of aromatic amines is 1. The van der Waals surface area contributed by atoms with Crippen LogP contribution in [0.4, 0.5) is 0 Å². The molecule has 1 heterocycles. The highest BCUT2D eigenvalue weighted by atomic mass is 79.9. The number of ether oxygens (including phenoxy) is 1. The standard InChI is InChI=1S/C17H18BrNO2.C2H6/c1-3-13-10-15(19-16(13)14(18)4-2)17(20)21-11-12-8-6-5-7-9-12;1-2/h3-4,6,8-10,19H,1,5,7,11H2,2H3;1-2H3/b14-4+;. The summed E-state index contributed by atoms with van der Waals surface area (Å²) in [6, 6.07) is 1.75. The van der Waals surface area contributed by atoms with E-state index in [-0.39, 0.29) is 5.97 Å². The topological polar surface area (TPSA) is 42.1 Å². The van der Waals surface area contributed by atoms with Gasteiger partial charge in [-0.2, -0.15) is 0 Å². The largest absolute Gasteiger partial charge is 0.456 e. The smallest absolute Gasteiger partial charge is 0.355 e. The van der Waals surface area contributed by atoms with Gasteiger partial charge in [-0.1, -0.05) is 50.8 Å². The molecular weight excluding hydrogens is 354 g/mol. The van der Waals surface area contributed by atoms with Gasteiger partial charge in [0, 0.05) is 10.0 Å². The Morgan fingerprint density at radius 2 is 2.17 bits per heavy atom. The van der Waals surface area contributed by atoms with Crippen molar-refractivity contribution in [2.45, 2.75) is 33.6 Å². The van der Waals surface area contributed by atoms with Gasteiger partial charge in [-0.15, -0.1) is 0 Å². The number of nitrogens with one attached hydrogen (secondary N) is 1. The lowest BCUT2D eigenvalue weighted by atomic mass is 10.1. The van der Waals surface area contributed by atoms with E-state index in [1.807, 2.05) is 32.9 Å². The maximum Gasteiger partial charge on any atom is 0.355 e. The molecule has 0 bridgehead atoms. The molecule has 1 aromatic rings. The van der Waals surface area contributed by atoms with Crippen LogP contribution < -0.4 is 0 Å². The maximum atomic E-state index is 12.1. The fourth-order valence-electron chi connectivity index (χ4n) is 2.08. The number of H-pyrrole nitrogens is 1. The molecule has 23 heavy (non-hydrogen) atoms. The van der Waals surface area contributed by atoms with Crippen LogP contribution in [-0.4, -0.2) is 17.6 Å². The van der Waals surface area contributed by atoms with Crippen molar-refractivity contribution in [2.24, 2.45) is 0 Å². The summed E-state index contributed by atoms with van der Waals surface area (Å²) in [7, 11) is 0. The molecule has 1 aliphatic rings. The summed E-state index contributed by atoms with van der Waals surface area (Å²) in [5.41, 5.74) is 3.17. The SMILES string of the molecule is C=Cc1cc(C(=O)OCC2=CCCC=C2)[nH]c1/C(Br)=C\C.CC. The quantitative estimate of drug-likeness (QED) is 0.651. The normalized spacial score (nSPS) is 13.7. The van der Waals surface area contributed by atoms with Gasteiger partial charge in [0.25, 0.3) is 0 Å². The van der Waals surface area contributed by atoms with Crippen LogP contribution in [0.3, 0.4) is 0 Å². The molecule has 0 atom stereocenters. The number of carbonyl (C=O) groups is 1. The summed E-state index contributed by atoms with van der Waals surface area (Å²) >= 11 is 3.45. The fraction of sp³-hybridized carbons (Fsp3) is 0.316. The van der Waals surface area contributed by atoms with Crippen molar-refractivity contribution in [1.82, 2.24) is 4.98 Å². The van der Waals surface area contributed by atoms with Gasteiger partial charge in [0.05, 0.1) is 5.69 Å². The Morgan fingerprint density at radius 1 is 1.43 bits per heavy atom. The minimum absolute atomic E-state index is 0.303. The highest BCUT2D eigenvalue weighted by molar-refractivity contribution is 9.15. The minimum Gasteiger partial charge on any atom is -0.456 e. The van der Waals surface area contributed by atoms with Crippen molar-refractivity contribution in [1.29, 1.82) is 0 Å². The first-order valence-electron chi connectivity index (χ1n) is 7.86. The van der Waals surface area contributed by atoms with Crippen LogP contribution in [0.15, 0.2) is 42.5 Å². The number of halogens is 1. The monoisotopic (exact) mass is 377 g/mol. The number of rotatable bonds is 5. The average molecular weight is 378 g/mol. The van der Waals surface area contributed by atoms with Gasteiger partial charge < -0.3 is 9.72 Å². The first-order chi connectivity index (χ1) is 11.2. The third-order valence-electron chi connectivity index (χ3n) is 3.22. The molecule has 3 nitrogen and oxygen atoms in total. The van der Waals surface area contributed by atoms with Crippen LogP contribution in [-0.2, 0) is 4.74 Å². The van der Waals surface area contributed by atoms with Gasteiger partial charge in [-0.3, -0.25) is 0 Å². The van der Waals surface area contributed by atoms with Crippen molar-refractivity contribution in [2.75, 3.05) is 6.61 Å². The molecular formula is C19H24BrNO2.